The van der Waals surface area contributed by atoms with Gasteiger partial charge in [0.05, 0.1) is 6.07 Å². The van der Waals surface area contributed by atoms with Gasteiger partial charge in [0.25, 0.3) is 0 Å². The van der Waals surface area contributed by atoms with E-state index in [9.17, 15) is 0 Å². The first kappa shape index (κ1) is 5.13. The maximum atomic E-state index is 8.42. The van der Waals surface area contributed by atoms with Gasteiger partial charge in [-0.3, -0.25) is 0 Å². The highest BCUT2D eigenvalue weighted by Crippen LogP contribution is 2.04. The van der Waals surface area contributed by atoms with Crippen molar-refractivity contribution in [2.24, 2.45) is 0 Å². The normalized spacial score (nSPS) is 34.0. The van der Waals surface area contributed by atoms with E-state index >= 15 is 0 Å². The van der Waals surface area contributed by atoms with Crippen LogP contribution in [-0.2, 0) is 0 Å². The van der Waals surface area contributed by atoms with E-state index in [1.54, 1.807) is 19.2 Å². The Kier molecular flexibility index (Phi) is 0.959. The van der Waals surface area contributed by atoms with Crippen molar-refractivity contribution in [3.63, 3.8) is 0 Å². The summed E-state index contributed by atoms with van der Waals surface area (Å²) in [6.45, 7) is 1.80. The van der Waals surface area contributed by atoms with Crippen molar-refractivity contribution in [3.05, 3.63) is 12.3 Å². The summed E-state index contributed by atoms with van der Waals surface area (Å²) < 4.78 is 0. The highest BCUT2D eigenvalue weighted by atomic mass is 15.4. The fraction of sp³-hybridized carbons (Fsp3) is 0.400. The predicted octanol–water partition coefficient (Wildman–Crippen LogP) is -0.110. The van der Waals surface area contributed by atoms with E-state index in [4.69, 9.17) is 5.26 Å². The molecule has 0 aromatic rings. The second kappa shape index (κ2) is 1.49. The fourth-order valence-corrected chi connectivity index (χ4v) is 0.507. The van der Waals surface area contributed by atoms with Crippen molar-refractivity contribution in [2.75, 3.05) is 0 Å². The van der Waals surface area contributed by atoms with Crippen molar-refractivity contribution in [3.8, 4) is 6.07 Å². The van der Waals surface area contributed by atoms with Gasteiger partial charge in [0.1, 0.15) is 5.54 Å². The molecule has 3 heteroatoms. The number of rotatable bonds is 0. The van der Waals surface area contributed by atoms with E-state index in [0.29, 0.717) is 0 Å². The van der Waals surface area contributed by atoms with Crippen LogP contribution in [0.4, 0.5) is 0 Å². The molecule has 0 radical (unpaired) electrons. The summed E-state index contributed by atoms with van der Waals surface area (Å²) in [5, 5.41) is 8.42. The molecule has 1 unspecified atom stereocenters. The lowest BCUT2D eigenvalue weighted by atomic mass is 10.1. The molecule has 42 valence electrons. The van der Waals surface area contributed by atoms with Crippen LogP contribution in [0.1, 0.15) is 6.92 Å². The summed E-state index contributed by atoms with van der Waals surface area (Å²) in [5.74, 6) is 0. The van der Waals surface area contributed by atoms with Gasteiger partial charge in [-0.25, -0.2) is 5.43 Å². The van der Waals surface area contributed by atoms with Crippen LogP contribution in [0.25, 0.3) is 0 Å². The molecule has 1 rings (SSSR count). The summed E-state index contributed by atoms with van der Waals surface area (Å²) in [4.78, 5) is 0. The number of nitrogens with one attached hydrogen (secondary N) is 2. The zero-order chi connectivity index (χ0) is 6.04. The average molecular weight is 109 g/mol. The quantitative estimate of drug-likeness (QED) is 0.456. The Morgan fingerprint density at radius 1 is 1.75 bits per heavy atom. The number of nitrogens with zero attached hydrogens (tertiary/aromatic N) is 1. The summed E-state index contributed by atoms with van der Waals surface area (Å²) in [6.07, 6.45) is 3.48. The van der Waals surface area contributed by atoms with E-state index in [1.807, 2.05) is 0 Å². The Hall–Kier alpha value is -1.01. The number of hydrogen-bond donors (Lipinski definition) is 2. The molecule has 0 saturated heterocycles. The Morgan fingerprint density at radius 3 is 2.75 bits per heavy atom. The standard InChI is InChI=1S/C5H7N3/c1-5(4-6)2-3-7-8-5/h2-3,7-8H,1H3. The van der Waals surface area contributed by atoms with Crippen LogP contribution in [0.2, 0.25) is 0 Å². The Labute approximate surface area is 48.0 Å². The van der Waals surface area contributed by atoms with Crippen LogP contribution in [0.5, 0.6) is 0 Å². The molecule has 1 atom stereocenters. The molecular weight excluding hydrogens is 102 g/mol. The summed E-state index contributed by atoms with van der Waals surface area (Å²) in [6, 6.07) is 2.08. The van der Waals surface area contributed by atoms with Crippen molar-refractivity contribution in [1.29, 1.82) is 5.26 Å². The van der Waals surface area contributed by atoms with Crippen LogP contribution >= 0.6 is 0 Å². The zero-order valence-electron chi connectivity index (χ0n) is 4.60. The summed E-state index contributed by atoms with van der Waals surface area (Å²) in [7, 11) is 0. The maximum absolute atomic E-state index is 8.42. The van der Waals surface area contributed by atoms with Crippen LogP contribution in [0.15, 0.2) is 12.3 Å². The molecule has 0 aromatic carbocycles. The van der Waals surface area contributed by atoms with Crippen LogP contribution in [0, 0.1) is 11.3 Å². The molecule has 0 saturated carbocycles. The highest BCUT2D eigenvalue weighted by Gasteiger charge is 2.21. The van der Waals surface area contributed by atoms with Gasteiger partial charge in [-0.1, -0.05) is 0 Å². The summed E-state index contributed by atoms with van der Waals surface area (Å²) in [5.41, 5.74) is 4.97. The van der Waals surface area contributed by atoms with Gasteiger partial charge in [0.2, 0.25) is 0 Å². The Balaban J connectivity index is 2.72. The first-order valence-electron chi connectivity index (χ1n) is 2.38. The molecular formula is C5H7N3. The average Bonchev–Trinajstić information content (AvgIpc) is 2.17. The SMILES string of the molecule is CC1(C#N)C=CNN1. The second-order valence-electron chi connectivity index (χ2n) is 1.92. The first-order valence-corrected chi connectivity index (χ1v) is 2.38. The predicted molar refractivity (Wildman–Crippen MR) is 29.4 cm³/mol. The lowest BCUT2D eigenvalue weighted by Crippen LogP contribution is -2.40. The van der Waals surface area contributed by atoms with E-state index in [0.717, 1.165) is 0 Å². The van der Waals surface area contributed by atoms with Crippen molar-refractivity contribution in [1.82, 2.24) is 10.9 Å². The number of hydrogen-bond acceptors (Lipinski definition) is 3. The molecule has 1 aliphatic heterocycles. The lowest BCUT2D eigenvalue weighted by Gasteiger charge is -2.09. The van der Waals surface area contributed by atoms with Crippen molar-refractivity contribution < 1.29 is 0 Å². The molecule has 8 heavy (non-hydrogen) atoms. The van der Waals surface area contributed by atoms with E-state index < -0.39 is 5.54 Å². The molecule has 1 heterocycles. The van der Waals surface area contributed by atoms with Gasteiger partial charge in [-0.2, -0.15) is 5.26 Å². The third-order valence-corrected chi connectivity index (χ3v) is 1.06. The molecule has 3 nitrogen and oxygen atoms in total. The minimum Gasteiger partial charge on any atom is -0.327 e. The molecule has 2 N–H and O–H groups in total. The van der Waals surface area contributed by atoms with E-state index in [1.165, 1.54) is 0 Å². The number of hydrazine groups is 1. The highest BCUT2D eigenvalue weighted by molar-refractivity contribution is 5.20. The van der Waals surface area contributed by atoms with Gasteiger partial charge in [0.15, 0.2) is 0 Å². The van der Waals surface area contributed by atoms with E-state index in [-0.39, 0.29) is 0 Å². The molecule has 0 spiro atoms. The summed E-state index contributed by atoms with van der Waals surface area (Å²) >= 11 is 0. The maximum Gasteiger partial charge on any atom is 0.140 e. The molecule has 0 fully saturated rings. The monoisotopic (exact) mass is 109 g/mol. The molecule has 0 bridgehead atoms. The number of nitriles is 1. The molecule has 0 aliphatic carbocycles. The van der Waals surface area contributed by atoms with Gasteiger partial charge in [-0.05, 0) is 13.0 Å². The minimum atomic E-state index is -0.500. The Morgan fingerprint density at radius 2 is 2.50 bits per heavy atom. The minimum absolute atomic E-state index is 0.500. The van der Waals surface area contributed by atoms with Crippen LogP contribution in [0.3, 0.4) is 0 Å². The Bertz CT molecular complexity index is 156. The van der Waals surface area contributed by atoms with Crippen molar-refractivity contribution in [2.45, 2.75) is 12.5 Å². The smallest absolute Gasteiger partial charge is 0.140 e. The fourth-order valence-electron chi connectivity index (χ4n) is 0.507. The molecule has 1 aliphatic rings. The first-order chi connectivity index (χ1) is 3.77. The van der Waals surface area contributed by atoms with Gasteiger partial charge < -0.3 is 5.43 Å². The molecule has 0 aromatic heterocycles. The van der Waals surface area contributed by atoms with Gasteiger partial charge >= 0.3 is 0 Å². The zero-order valence-corrected chi connectivity index (χ0v) is 4.60. The van der Waals surface area contributed by atoms with Crippen molar-refractivity contribution >= 4 is 0 Å². The van der Waals surface area contributed by atoms with Crippen LogP contribution in [-0.4, -0.2) is 5.54 Å². The third-order valence-electron chi connectivity index (χ3n) is 1.06. The van der Waals surface area contributed by atoms with Crippen LogP contribution < -0.4 is 10.9 Å². The molecule has 0 amide bonds. The topological polar surface area (TPSA) is 47.9 Å². The van der Waals surface area contributed by atoms with Gasteiger partial charge in [-0.15, -0.1) is 0 Å². The third kappa shape index (κ3) is 0.658. The second-order valence-corrected chi connectivity index (χ2v) is 1.92. The van der Waals surface area contributed by atoms with E-state index in [2.05, 4.69) is 16.9 Å². The lowest BCUT2D eigenvalue weighted by molar-refractivity contribution is 0.531. The largest absolute Gasteiger partial charge is 0.327 e. The van der Waals surface area contributed by atoms with Gasteiger partial charge in [0, 0.05) is 6.20 Å².